The fourth-order valence-corrected chi connectivity index (χ4v) is 1.93. The summed E-state index contributed by atoms with van der Waals surface area (Å²) in [6, 6.07) is 6.22. The molecule has 1 N–H and O–H groups in total. The van der Waals surface area contributed by atoms with E-state index in [0.29, 0.717) is 0 Å². The number of hydrogen-bond donors (Lipinski definition) is 1. The van der Waals surface area contributed by atoms with Gasteiger partial charge in [0.2, 0.25) is 0 Å². The van der Waals surface area contributed by atoms with Crippen LogP contribution in [0.15, 0.2) is 36.8 Å². The molecule has 4 nitrogen and oxygen atoms in total. The van der Waals surface area contributed by atoms with E-state index in [-0.39, 0.29) is 6.04 Å². The van der Waals surface area contributed by atoms with Crippen molar-refractivity contribution >= 4 is 0 Å². The molecule has 0 aliphatic rings. The van der Waals surface area contributed by atoms with Gasteiger partial charge in [-0.2, -0.15) is 0 Å². The van der Waals surface area contributed by atoms with Crippen LogP contribution in [-0.4, -0.2) is 14.5 Å². The van der Waals surface area contributed by atoms with Crippen molar-refractivity contribution in [1.82, 2.24) is 19.9 Å². The minimum Gasteiger partial charge on any atom is -0.334 e. The van der Waals surface area contributed by atoms with E-state index < -0.39 is 0 Å². The third kappa shape index (κ3) is 3.17. The zero-order valence-corrected chi connectivity index (χ0v) is 11.0. The van der Waals surface area contributed by atoms with Gasteiger partial charge < -0.3 is 9.88 Å². The highest BCUT2D eigenvalue weighted by molar-refractivity contribution is 5.07. The van der Waals surface area contributed by atoms with Gasteiger partial charge in [-0.05, 0) is 25.5 Å². The van der Waals surface area contributed by atoms with Crippen LogP contribution in [0.1, 0.15) is 37.8 Å². The summed E-state index contributed by atoms with van der Waals surface area (Å²) in [7, 11) is 0. The first-order valence-corrected chi connectivity index (χ1v) is 6.45. The first kappa shape index (κ1) is 12.8. The van der Waals surface area contributed by atoms with Gasteiger partial charge in [0.15, 0.2) is 0 Å². The zero-order valence-electron chi connectivity index (χ0n) is 11.0. The maximum atomic E-state index is 4.38. The van der Waals surface area contributed by atoms with Crippen LogP contribution in [0.3, 0.4) is 0 Å². The summed E-state index contributed by atoms with van der Waals surface area (Å²) in [6.07, 6.45) is 6.84. The van der Waals surface area contributed by atoms with Gasteiger partial charge in [0, 0.05) is 31.2 Å². The first-order valence-electron chi connectivity index (χ1n) is 6.45. The number of nitrogens with zero attached hydrogens (tertiary/aromatic N) is 3. The summed E-state index contributed by atoms with van der Waals surface area (Å²) in [5, 5.41) is 3.45. The third-order valence-electron chi connectivity index (χ3n) is 2.96. The van der Waals surface area contributed by atoms with E-state index >= 15 is 0 Å². The molecular weight excluding hydrogens is 224 g/mol. The summed E-state index contributed by atoms with van der Waals surface area (Å²) < 4.78 is 2.19. The smallest absolute Gasteiger partial charge is 0.122 e. The molecule has 96 valence electrons. The molecule has 0 amide bonds. The molecule has 0 fully saturated rings. The second-order valence-corrected chi connectivity index (χ2v) is 4.39. The normalized spacial score (nSPS) is 12.6. The van der Waals surface area contributed by atoms with Crippen molar-refractivity contribution in [3.63, 3.8) is 0 Å². The van der Waals surface area contributed by atoms with E-state index in [9.17, 15) is 0 Å². The Morgan fingerprint density at radius 2 is 2.17 bits per heavy atom. The Labute approximate surface area is 108 Å². The van der Waals surface area contributed by atoms with E-state index in [0.717, 1.165) is 31.0 Å². The molecular formula is C14H20N4. The van der Waals surface area contributed by atoms with Crippen LogP contribution in [0.2, 0.25) is 0 Å². The molecule has 2 aromatic heterocycles. The van der Waals surface area contributed by atoms with Crippen LogP contribution in [-0.2, 0) is 13.1 Å². The molecule has 0 aliphatic heterocycles. The molecule has 0 saturated carbocycles. The number of rotatable bonds is 6. The zero-order chi connectivity index (χ0) is 12.8. The molecule has 18 heavy (non-hydrogen) atoms. The minimum absolute atomic E-state index is 0.234. The molecule has 2 aromatic rings. The number of nitrogens with one attached hydrogen (secondary N) is 1. The van der Waals surface area contributed by atoms with Crippen molar-refractivity contribution in [3.8, 4) is 0 Å². The van der Waals surface area contributed by atoms with Gasteiger partial charge in [-0.3, -0.25) is 4.98 Å². The van der Waals surface area contributed by atoms with Crippen molar-refractivity contribution < 1.29 is 0 Å². The Kier molecular flexibility index (Phi) is 4.47. The lowest BCUT2D eigenvalue weighted by atomic mass is 10.2. The fraction of sp³-hybridized carbons (Fsp3) is 0.429. The maximum absolute atomic E-state index is 4.38. The van der Waals surface area contributed by atoms with Gasteiger partial charge in [-0.1, -0.05) is 13.0 Å². The standard InChI is InChI=1S/C14H20N4/c1-3-9-18-10-8-16-14(18)11-17-12(2)13-6-4-5-7-15-13/h4-8,10,12,17H,3,9,11H2,1-2H3/t12-/m1/s1. The quantitative estimate of drug-likeness (QED) is 0.849. The number of aryl methyl sites for hydroxylation is 1. The number of hydrogen-bond acceptors (Lipinski definition) is 3. The predicted octanol–water partition coefficient (Wildman–Crippen LogP) is 2.54. The third-order valence-corrected chi connectivity index (χ3v) is 2.96. The van der Waals surface area contributed by atoms with E-state index in [4.69, 9.17) is 0 Å². The van der Waals surface area contributed by atoms with Crippen molar-refractivity contribution in [2.24, 2.45) is 0 Å². The van der Waals surface area contributed by atoms with Crippen molar-refractivity contribution in [2.75, 3.05) is 0 Å². The van der Waals surface area contributed by atoms with Crippen LogP contribution < -0.4 is 5.32 Å². The highest BCUT2D eigenvalue weighted by Crippen LogP contribution is 2.09. The average molecular weight is 244 g/mol. The molecule has 2 heterocycles. The Balaban J connectivity index is 1.93. The summed E-state index contributed by atoms with van der Waals surface area (Å²) in [5.41, 5.74) is 1.06. The highest BCUT2D eigenvalue weighted by atomic mass is 15.1. The van der Waals surface area contributed by atoms with Gasteiger partial charge >= 0.3 is 0 Å². The SMILES string of the molecule is CCCn1ccnc1CN[C@H](C)c1ccccn1. The summed E-state index contributed by atoms with van der Waals surface area (Å²) >= 11 is 0. The van der Waals surface area contributed by atoms with Crippen LogP contribution in [0.25, 0.3) is 0 Å². The second kappa shape index (κ2) is 6.31. The summed E-state index contributed by atoms with van der Waals surface area (Å²) in [6.45, 7) is 6.09. The van der Waals surface area contributed by atoms with Crippen molar-refractivity contribution in [2.45, 2.75) is 39.4 Å². The summed E-state index contributed by atoms with van der Waals surface area (Å²) in [5.74, 6) is 1.08. The van der Waals surface area contributed by atoms with Crippen molar-refractivity contribution in [3.05, 3.63) is 48.3 Å². The maximum Gasteiger partial charge on any atom is 0.122 e. The molecule has 4 heteroatoms. The van der Waals surface area contributed by atoms with Crippen LogP contribution >= 0.6 is 0 Å². The number of aromatic nitrogens is 3. The van der Waals surface area contributed by atoms with E-state index in [2.05, 4.69) is 33.7 Å². The lowest BCUT2D eigenvalue weighted by molar-refractivity contribution is 0.524. The monoisotopic (exact) mass is 244 g/mol. The van der Waals surface area contributed by atoms with E-state index in [1.807, 2.05) is 36.8 Å². The van der Waals surface area contributed by atoms with Crippen LogP contribution in [0, 0.1) is 0 Å². The Morgan fingerprint density at radius 3 is 2.89 bits per heavy atom. The lowest BCUT2D eigenvalue weighted by Crippen LogP contribution is -2.21. The number of pyridine rings is 1. The largest absolute Gasteiger partial charge is 0.334 e. The fourth-order valence-electron chi connectivity index (χ4n) is 1.93. The molecule has 0 saturated heterocycles. The molecule has 0 radical (unpaired) electrons. The first-order chi connectivity index (χ1) is 8.81. The molecule has 2 rings (SSSR count). The highest BCUT2D eigenvalue weighted by Gasteiger charge is 2.07. The van der Waals surface area contributed by atoms with Gasteiger partial charge in [-0.15, -0.1) is 0 Å². The van der Waals surface area contributed by atoms with Crippen LogP contribution in [0.5, 0.6) is 0 Å². The van der Waals surface area contributed by atoms with Crippen LogP contribution in [0.4, 0.5) is 0 Å². The van der Waals surface area contributed by atoms with Gasteiger partial charge in [-0.25, -0.2) is 4.98 Å². The Morgan fingerprint density at radius 1 is 1.28 bits per heavy atom. The Hall–Kier alpha value is -1.68. The molecule has 0 unspecified atom stereocenters. The van der Waals surface area contributed by atoms with Gasteiger partial charge in [0.25, 0.3) is 0 Å². The Bertz CT molecular complexity index is 464. The molecule has 0 bridgehead atoms. The van der Waals surface area contributed by atoms with Gasteiger partial charge in [0.1, 0.15) is 5.82 Å². The second-order valence-electron chi connectivity index (χ2n) is 4.39. The topological polar surface area (TPSA) is 42.7 Å². The summed E-state index contributed by atoms with van der Waals surface area (Å²) in [4.78, 5) is 8.73. The number of imidazole rings is 1. The van der Waals surface area contributed by atoms with E-state index in [1.54, 1.807) is 0 Å². The lowest BCUT2D eigenvalue weighted by Gasteiger charge is -2.13. The van der Waals surface area contributed by atoms with E-state index in [1.165, 1.54) is 0 Å². The molecule has 0 spiro atoms. The average Bonchev–Trinajstić information content (AvgIpc) is 2.85. The minimum atomic E-state index is 0.234. The molecule has 0 aliphatic carbocycles. The molecule has 0 aromatic carbocycles. The molecule has 1 atom stereocenters. The van der Waals surface area contributed by atoms with Gasteiger partial charge in [0.05, 0.1) is 12.2 Å². The van der Waals surface area contributed by atoms with Crippen molar-refractivity contribution in [1.29, 1.82) is 0 Å². The predicted molar refractivity (Wildman–Crippen MR) is 72.0 cm³/mol.